The van der Waals surface area contributed by atoms with Gasteiger partial charge < -0.3 is 15.0 Å². The summed E-state index contributed by atoms with van der Waals surface area (Å²) in [6.07, 6.45) is -0.116. The van der Waals surface area contributed by atoms with E-state index in [1.807, 2.05) is 0 Å². The van der Waals surface area contributed by atoms with Crippen LogP contribution in [0.4, 0.5) is 14.5 Å². The summed E-state index contributed by atoms with van der Waals surface area (Å²) >= 11 is 6.17. The number of nitrogens with zero attached hydrogens (tertiary/aromatic N) is 6. The molecule has 38 heavy (non-hydrogen) atoms. The second kappa shape index (κ2) is 10.8. The number of halogens is 3. The number of methoxy groups -OCH3 is 1. The largest absolute Gasteiger partial charge is 0.495 e. The lowest BCUT2D eigenvalue weighted by Crippen LogP contribution is -2.30. The summed E-state index contributed by atoms with van der Waals surface area (Å²) in [4.78, 5) is 38.7. The van der Waals surface area contributed by atoms with Crippen LogP contribution in [-0.2, 0) is 4.79 Å². The number of pyridine rings is 1. The molecule has 0 saturated carbocycles. The summed E-state index contributed by atoms with van der Waals surface area (Å²) < 4.78 is 36.8. The molecule has 4 aromatic rings. The third kappa shape index (κ3) is 5.22. The van der Waals surface area contributed by atoms with Crippen LogP contribution in [-0.4, -0.2) is 62.7 Å². The van der Waals surface area contributed by atoms with Gasteiger partial charge in [0.05, 0.1) is 24.6 Å². The average molecular weight is 544 g/mol. The first-order valence-electron chi connectivity index (χ1n) is 10.9. The number of hydrogen-bond donors (Lipinski definition) is 1. The fraction of sp³-hybridized carbons (Fsp3) is 0.167. The van der Waals surface area contributed by atoms with Gasteiger partial charge in [0.2, 0.25) is 0 Å². The standard InChI is InChI=1S/C24H20ClF2N7O4/c1-32(2)24(37)15-6-5-14(9-18(15)26)29-23(36)22(27)33-11-20(38-3)17(10-21(33)35)16-8-13(25)4-7-19(16)34-12-28-30-31-34/h4-12,22H,1-3H3,(H,29,36). The van der Waals surface area contributed by atoms with Crippen molar-refractivity contribution in [3.63, 3.8) is 0 Å². The van der Waals surface area contributed by atoms with Crippen molar-refractivity contribution in [2.45, 2.75) is 6.30 Å². The molecule has 14 heteroatoms. The zero-order chi connectivity index (χ0) is 27.6. The maximum absolute atomic E-state index is 15.2. The Bertz CT molecular complexity index is 1570. The number of amides is 2. The van der Waals surface area contributed by atoms with Crippen molar-refractivity contribution in [2.75, 3.05) is 26.5 Å². The molecule has 4 rings (SSSR count). The summed E-state index contributed by atoms with van der Waals surface area (Å²) in [5.74, 6) is -2.68. The van der Waals surface area contributed by atoms with Gasteiger partial charge in [0.1, 0.15) is 17.9 Å². The molecular formula is C24H20ClF2N7O4. The van der Waals surface area contributed by atoms with Crippen LogP contribution in [0.15, 0.2) is 59.8 Å². The SMILES string of the molecule is COc1cn(C(F)C(=O)Nc2ccc(C(=O)N(C)C)c(F)c2)c(=O)cc1-c1cc(Cl)ccc1-n1cnnn1. The molecule has 1 N–H and O–H groups in total. The minimum Gasteiger partial charge on any atom is -0.495 e. The van der Waals surface area contributed by atoms with Crippen LogP contribution >= 0.6 is 11.6 Å². The lowest BCUT2D eigenvalue weighted by Gasteiger charge is -2.17. The van der Waals surface area contributed by atoms with E-state index in [2.05, 4.69) is 20.8 Å². The number of alkyl halides is 1. The second-order valence-electron chi connectivity index (χ2n) is 8.14. The van der Waals surface area contributed by atoms with Crippen molar-refractivity contribution in [1.29, 1.82) is 0 Å². The van der Waals surface area contributed by atoms with Gasteiger partial charge in [0.15, 0.2) is 0 Å². The van der Waals surface area contributed by atoms with Crippen LogP contribution in [0.2, 0.25) is 5.02 Å². The highest BCUT2D eigenvalue weighted by atomic mass is 35.5. The minimum atomic E-state index is -2.49. The highest BCUT2D eigenvalue weighted by Gasteiger charge is 2.24. The van der Waals surface area contributed by atoms with Gasteiger partial charge in [-0.05, 0) is 46.8 Å². The first kappa shape index (κ1) is 26.4. The summed E-state index contributed by atoms with van der Waals surface area (Å²) in [6, 6.07) is 9.16. The van der Waals surface area contributed by atoms with Crippen molar-refractivity contribution in [1.82, 2.24) is 29.7 Å². The lowest BCUT2D eigenvalue weighted by molar-refractivity contribution is -0.123. The van der Waals surface area contributed by atoms with Crippen molar-refractivity contribution in [2.24, 2.45) is 0 Å². The first-order chi connectivity index (χ1) is 18.1. The molecular weight excluding hydrogens is 524 g/mol. The Morgan fingerprint density at radius 1 is 1.13 bits per heavy atom. The topological polar surface area (TPSA) is 124 Å². The first-order valence-corrected chi connectivity index (χ1v) is 11.3. The molecule has 2 heterocycles. The molecule has 0 bridgehead atoms. The quantitative estimate of drug-likeness (QED) is 0.380. The van der Waals surface area contributed by atoms with Crippen LogP contribution < -0.4 is 15.6 Å². The summed E-state index contributed by atoms with van der Waals surface area (Å²) in [7, 11) is 4.23. The van der Waals surface area contributed by atoms with Crippen LogP contribution in [0.5, 0.6) is 5.75 Å². The van der Waals surface area contributed by atoms with E-state index in [1.165, 1.54) is 43.2 Å². The Morgan fingerprint density at radius 3 is 2.53 bits per heavy atom. The number of carbonyl (C=O) groups is 2. The molecule has 0 spiro atoms. The van der Waals surface area contributed by atoms with E-state index in [0.29, 0.717) is 20.8 Å². The second-order valence-corrected chi connectivity index (χ2v) is 8.57. The molecule has 0 aliphatic rings. The Kier molecular flexibility index (Phi) is 7.48. The van der Waals surface area contributed by atoms with E-state index in [0.717, 1.165) is 24.4 Å². The van der Waals surface area contributed by atoms with Crippen LogP contribution in [0, 0.1) is 5.82 Å². The number of anilines is 1. The fourth-order valence-corrected chi connectivity index (χ4v) is 3.78. The van der Waals surface area contributed by atoms with E-state index >= 15 is 4.39 Å². The molecule has 2 amide bonds. The Balaban J connectivity index is 1.65. The van der Waals surface area contributed by atoms with Gasteiger partial charge in [0.25, 0.3) is 23.7 Å². The number of hydrogen-bond acceptors (Lipinski definition) is 7. The molecule has 0 saturated heterocycles. The monoisotopic (exact) mass is 543 g/mol. The Labute approximate surface area is 219 Å². The summed E-state index contributed by atoms with van der Waals surface area (Å²) in [5.41, 5.74) is -0.0755. The number of tetrazole rings is 1. The highest BCUT2D eigenvalue weighted by molar-refractivity contribution is 6.31. The van der Waals surface area contributed by atoms with Crippen molar-refractivity contribution in [3.05, 3.63) is 81.7 Å². The number of nitrogens with one attached hydrogen (secondary N) is 1. The van der Waals surface area contributed by atoms with Gasteiger partial charge in [-0.25, -0.2) is 8.78 Å². The van der Waals surface area contributed by atoms with Gasteiger partial charge in [-0.2, -0.15) is 4.68 Å². The van der Waals surface area contributed by atoms with Crippen molar-refractivity contribution < 1.29 is 23.1 Å². The predicted octanol–water partition coefficient (Wildman–Crippen LogP) is 3.10. The van der Waals surface area contributed by atoms with E-state index in [1.54, 1.807) is 18.2 Å². The zero-order valence-corrected chi connectivity index (χ0v) is 21.0. The predicted molar refractivity (Wildman–Crippen MR) is 134 cm³/mol. The molecule has 0 radical (unpaired) electrons. The molecule has 0 aliphatic heterocycles. The lowest BCUT2D eigenvalue weighted by atomic mass is 10.0. The fourth-order valence-electron chi connectivity index (χ4n) is 3.61. The van der Waals surface area contributed by atoms with Crippen LogP contribution in [0.25, 0.3) is 16.8 Å². The van der Waals surface area contributed by atoms with Gasteiger partial charge in [-0.1, -0.05) is 11.6 Å². The van der Waals surface area contributed by atoms with E-state index in [4.69, 9.17) is 16.3 Å². The molecule has 196 valence electrons. The van der Waals surface area contributed by atoms with Crippen LogP contribution in [0.1, 0.15) is 16.7 Å². The normalized spacial score (nSPS) is 11.6. The number of aromatic nitrogens is 5. The van der Waals surface area contributed by atoms with Gasteiger partial charge in [0, 0.05) is 42.0 Å². The highest BCUT2D eigenvalue weighted by Crippen LogP contribution is 2.35. The van der Waals surface area contributed by atoms with Gasteiger partial charge in [-0.15, -0.1) is 5.10 Å². The zero-order valence-electron chi connectivity index (χ0n) is 20.2. The molecule has 0 aliphatic carbocycles. The molecule has 1 unspecified atom stereocenters. The van der Waals surface area contributed by atoms with E-state index in [-0.39, 0.29) is 22.6 Å². The smallest absolute Gasteiger partial charge is 0.280 e. The van der Waals surface area contributed by atoms with Crippen molar-refractivity contribution in [3.8, 4) is 22.6 Å². The average Bonchev–Trinajstić information content (AvgIpc) is 3.42. The molecule has 1 atom stereocenters. The van der Waals surface area contributed by atoms with Gasteiger partial charge in [-0.3, -0.25) is 19.0 Å². The number of ether oxygens (including phenoxy) is 1. The summed E-state index contributed by atoms with van der Waals surface area (Å²) in [5, 5.41) is 13.6. The minimum absolute atomic E-state index is 0.0502. The Hall–Kier alpha value is -4.65. The third-order valence-corrected chi connectivity index (χ3v) is 5.68. The number of benzene rings is 2. The van der Waals surface area contributed by atoms with E-state index in [9.17, 15) is 18.8 Å². The molecule has 11 nitrogen and oxygen atoms in total. The molecule has 2 aromatic carbocycles. The van der Waals surface area contributed by atoms with Gasteiger partial charge >= 0.3 is 0 Å². The molecule has 0 fully saturated rings. The maximum Gasteiger partial charge on any atom is 0.280 e. The van der Waals surface area contributed by atoms with E-state index < -0.39 is 29.5 Å². The molecule has 2 aromatic heterocycles. The van der Waals surface area contributed by atoms with Crippen LogP contribution in [0.3, 0.4) is 0 Å². The Morgan fingerprint density at radius 2 is 1.89 bits per heavy atom. The number of carbonyl (C=O) groups excluding carboxylic acids is 2. The van der Waals surface area contributed by atoms with Crippen molar-refractivity contribution >= 4 is 29.1 Å². The summed E-state index contributed by atoms with van der Waals surface area (Å²) in [6.45, 7) is 0. The maximum atomic E-state index is 15.2. The number of rotatable bonds is 7. The third-order valence-electron chi connectivity index (χ3n) is 5.44.